The molecule has 0 spiro atoms. The smallest absolute Gasteiger partial charge is 0.347 e. The Kier molecular flexibility index (Phi) is 5.05. The van der Waals surface area contributed by atoms with E-state index < -0.39 is 29.6 Å². The fourth-order valence-electron chi connectivity index (χ4n) is 5.13. The predicted octanol–water partition coefficient (Wildman–Crippen LogP) is 0.973. The number of rotatable bonds is 5. The van der Waals surface area contributed by atoms with Crippen LogP contribution in [0.2, 0.25) is 5.02 Å². The third-order valence-corrected chi connectivity index (χ3v) is 7.17. The van der Waals surface area contributed by atoms with Crippen molar-refractivity contribution < 1.29 is 24.2 Å². The van der Waals surface area contributed by atoms with E-state index >= 15 is 0 Å². The Labute approximate surface area is 199 Å². The number of aliphatic hydroxyl groups excluding tert-OH is 1. The van der Waals surface area contributed by atoms with Gasteiger partial charge in [0.1, 0.15) is 24.9 Å². The molecule has 1 aliphatic carbocycles. The molecular weight excluding hydrogens is 468 g/mol. The molecule has 2 fully saturated rings. The van der Waals surface area contributed by atoms with Crippen LogP contribution in [0.5, 0.6) is 11.5 Å². The van der Waals surface area contributed by atoms with Crippen LogP contribution < -0.4 is 20.9 Å². The van der Waals surface area contributed by atoms with Gasteiger partial charge in [-0.3, -0.25) is 0 Å². The minimum Gasteiger partial charge on any atom is -0.454 e. The van der Waals surface area contributed by atoms with Gasteiger partial charge < -0.3 is 24.2 Å². The topological polar surface area (TPSA) is 122 Å². The quantitative estimate of drug-likeness (QED) is 0.487. The number of hydrogen-bond acceptors (Lipinski definition) is 8. The largest absolute Gasteiger partial charge is 0.454 e. The first kappa shape index (κ1) is 21.8. The fourth-order valence-corrected chi connectivity index (χ4v) is 5.35. The van der Waals surface area contributed by atoms with Gasteiger partial charge in [0.25, 0.3) is 0 Å². The lowest BCUT2D eigenvalue weighted by molar-refractivity contribution is 0.0318. The lowest BCUT2D eigenvalue weighted by atomic mass is 9.78. The predicted molar refractivity (Wildman–Crippen MR) is 120 cm³/mol. The van der Waals surface area contributed by atoms with E-state index in [0.29, 0.717) is 53.3 Å². The maximum Gasteiger partial charge on any atom is 0.347 e. The molecule has 11 nitrogen and oxygen atoms in total. The summed E-state index contributed by atoms with van der Waals surface area (Å²) < 4.78 is 20.3. The Hall–Kier alpha value is -2.76. The van der Waals surface area contributed by atoms with Gasteiger partial charge in [-0.1, -0.05) is 30.6 Å². The highest BCUT2D eigenvalue weighted by atomic mass is 35.5. The second kappa shape index (κ2) is 7.89. The van der Waals surface area contributed by atoms with E-state index in [2.05, 4.69) is 5.16 Å². The molecule has 0 unspecified atom stereocenters. The van der Waals surface area contributed by atoms with E-state index in [4.69, 9.17) is 30.6 Å². The first-order chi connectivity index (χ1) is 16.3. The van der Waals surface area contributed by atoms with Crippen molar-refractivity contribution in [2.75, 3.05) is 13.4 Å². The van der Waals surface area contributed by atoms with Crippen molar-refractivity contribution >= 4 is 17.3 Å². The summed E-state index contributed by atoms with van der Waals surface area (Å²) in [6.45, 7) is 4.88. The molecule has 0 bridgehead atoms. The van der Waals surface area contributed by atoms with Crippen LogP contribution in [0.3, 0.4) is 0 Å². The molecule has 0 radical (unpaired) electrons. The summed E-state index contributed by atoms with van der Waals surface area (Å²) >= 11 is 6.38. The van der Waals surface area contributed by atoms with E-state index in [1.165, 1.54) is 9.36 Å². The highest BCUT2D eigenvalue weighted by Crippen LogP contribution is 2.46. The van der Waals surface area contributed by atoms with Crippen LogP contribution >= 0.6 is 11.6 Å². The zero-order valence-electron chi connectivity index (χ0n) is 18.7. The van der Waals surface area contributed by atoms with Gasteiger partial charge in [0.05, 0.1) is 18.3 Å². The average molecular weight is 493 g/mol. The molecule has 4 heterocycles. The highest BCUT2D eigenvalue weighted by molar-refractivity contribution is 6.31. The number of halogens is 1. The third kappa shape index (κ3) is 3.29. The zero-order valence-corrected chi connectivity index (χ0v) is 19.5. The summed E-state index contributed by atoms with van der Waals surface area (Å²) in [5, 5.41) is 15.7. The second-order valence-corrected chi connectivity index (χ2v) is 9.93. The normalized spacial score (nSPS) is 29.7. The Morgan fingerprint density at radius 1 is 1.24 bits per heavy atom. The molecule has 1 aromatic heterocycles. The van der Waals surface area contributed by atoms with E-state index in [0.717, 1.165) is 4.57 Å². The Morgan fingerprint density at radius 3 is 2.76 bits per heavy atom. The highest BCUT2D eigenvalue weighted by Gasteiger charge is 2.61. The molecule has 12 heteroatoms. The Bertz CT molecular complexity index is 1300. The van der Waals surface area contributed by atoms with E-state index in [1.807, 2.05) is 13.8 Å². The zero-order chi connectivity index (χ0) is 23.7. The lowest BCUT2D eigenvalue weighted by Crippen LogP contribution is -2.53. The van der Waals surface area contributed by atoms with Gasteiger partial charge in [-0.25, -0.2) is 23.5 Å². The minimum atomic E-state index is -0.937. The van der Waals surface area contributed by atoms with Crippen molar-refractivity contribution in [1.29, 1.82) is 0 Å². The summed E-state index contributed by atoms with van der Waals surface area (Å²) in [5.74, 6) is 1.07. The number of benzene rings is 1. The van der Waals surface area contributed by atoms with Gasteiger partial charge in [-0.15, -0.1) is 0 Å². The standard InChI is InChI=1S/C22H25ClN4O7/c1-10(2)8-33-24-16-12-3-4-26-21(29)25(7-11-5-14-15(6-13(11)23)32-9-31-14)22(30)27(26)17(12)18(28)20-19(16)34-20/h5-6,10,12,17-20,28H,3-4,7-9H2,1-2H3/b24-16-/t12-,17-,18+,19-,20+/m1/s1. The van der Waals surface area contributed by atoms with Gasteiger partial charge in [0.2, 0.25) is 6.79 Å². The summed E-state index contributed by atoms with van der Waals surface area (Å²) in [7, 11) is 0. The third-order valence-electron chi connectivity index (χ3n) is 6.82. The molecular formula is C22H25ClN4O7. The molecule has 3 aliphatic heterocycles. The van der Waals surface area contributed by atoms with Gasteiger partial charge >= 0.3 is 11.4 Å². The summed E-state index contributed by atoms with van der Waals surface area (Å²) in [6, 6.07) is 2.62. The fraction of sp³-hybridized carbons (Fsp3) is 0.591. The van der Waals surface area contributed by atoms with Crippen molar-refractivity contribution in [2.24, 2.45) is 17.0 Å². The molecule has 1 aromatic carbocycles. The van der Waals surface area contributed by atoms with Crippen molar-refractivity contribution in [3.05, 3.63) is 43.7 Å². The molecule has 182 valence electrons. The lowest BCUT2D eigenvalue weighted by Gasteiger charge is -2.38. The number of epoxide rings is 1. The molecule has 6 rings (SSSR count). The van der Waals surface area contributed by atoms with Crippen LogP contribution in [0.1, 0.15) is 31.9 Å². The molecule has 34 heavy (non-hydrogen) atoms. The number of nitrogens with zero attached hydrogens (tertiary/aromatic N) is 4. The molecule has 5 atom stereocenters. The number of aromatic nitrogens is 3. The monoisotopic (exact) mass is 492 g/mol. The summed E-state index contributed by atoms with van der Waals surface area (Å²) in [6.07, 6.45) is -1.19. The molecule has 4 aliphatic rings. The van der Waals surface area contributed by atoms with Crippen LogP contribution in [-0.4, -0.2) is 56.5 Å². The second-order valence-electron chi connectivity index (χ2n) is 9.52. The van der Waals surface area contributed by atoms with Crippen LogP contribution in [0, 0.1) is 11.8 Å². The SMILES string of the molecule is CC(C)CO/N=C1/[C@H]2CCn3c(=O)n(Cc4cc5c(cc4Cl)OCO5)c(=O)n3[C@H]2[C@H](O)[C@@H]2O[C@H]12. The van der Waals surface area contributed by atoms with Crippen LogP contribution in [0.25, 0.3) is 0 Å². The molecule has 0 amide bonds. The van der Waals surface area contributed by atoms with E-state index in [1.54, 1.807) is 12.1 Å². The Morgan fingerprint density at radius 2 is 2.00 bits per heavy atom. The average Bonchev–Trinajstić information content (AvgIpc) is 3.42. The van der Waals surface area contributed by atoms with Crippen LogP contribution in [0.4, 0.5) is 0 Å². The van der Waals surface area contributed by atoms with Crippen molar-refractivity contribution in [3.8, 4) is 11.5 Å². The van der Waals surface area contributed by atoms with Gasteiger partial charge in [-0.05, 0) is 24.0 Å². The minimum absolute atomic E-state index is 0.0331. The van der Waals surface area contributed by atoms with Crippen LogP contribution in [0.15, 0.2) is 26.9 Å². The van der Waals surface area contributed by atoms with E-state index in [-0.39, 0.29) is 25.4 Å². The molecule has 2 aromatic rings. The molecule has 1 saturated carbocycles. The van der Waals surface area contributed by atoms with Gasteiger partial charge in [0, 0.05) is 23.6 Å². The number of hydrogen-bond donors (Lipinski definition) is 1. The molecule has 1 N–H and O–H groups in total. The number of ether oxygens (including phenoxy) is 3. The first-order valence-corrected chi connectivity index (χ1v) is 11.8. The maximum absolute atomic E-state index is 13.5. The summed E-state index contributed by atoms with van der Waals surface area (Å²) in [4.78, 5) is 32.2. The van der Waals surface area contributed by atoms with Gasteiger partial charge in [0.15, 0.2) is 11.5 Å². The van der Waals surface area contributed by atoms with Crippen LogP contribution in [-0.2, 0) is 22.7 Å². The van der Waals surface area contributed by atoms with Gasteiger partial charge in [-0.2, -0.15) is 0 Å². The maximum atomic E-state index is 13.5. The van der Waals surface area contributed by atoms with Crippen molar-refractivity contribution in [3.63, 3.8) is 0 Å². The number of fused-ring (bicyclic) bond motifs is 5. The number of aliphatic hydroxyl groups is 1. The summed E-state index contributed by atoms with van der Waals surface area (Å²) in [5.41, 5.74) is 0.272. The van der Waals surface area contributed by atoms with Crippen molar-refractivity contribution in [1.82, 2.24) is 13.9 Å². The van der Waals surface area contributed by atoms with E-state index in [9.17, 15) is 14.7 Å². The Balaban J connectivity index is 1.37. The first-order valence-electron chi connectivity index (χ1n) is 11.4. The van der Waals surface area contributed by atoms with Crippen molar-refractivity contribution in [2.45, 2.75) is 57.7 Å². The molecule has 1 saturated heterocycles. The number of oxime groups is 1.